The van der Waals surface area contributed by atoms with Gasteiger partial charge in [-0.1, -0.05) is 12.1 Å². The largest absolute Gasteiger partial charge is 0.339 e. The first-order valence-electron chi connectivity index (χ1n) is 9.80. The van der Waals surface area contributed by atoms with Crippen molar-refractivity contribution in [2.24, 2.45) is 0 Å². The fraction of sp³-hybridized carbons (Fsp3) is 0.474. The van der Waals surface area contributed by atoms with Crippen molar-refractivity contribution in [3.05, 3.63) is 35.6 Å². The molecule has 0 radical (unpaired) electrons. The summed E-state index contributed by atoms with van der Waals surface area (Å²) >= 11 is 1.73. The molecule has 0 unspecified atom stereocenters. The van der Waals surface area contributed by atoms with Crippen molar-refractivity contribution in [2.45, 2.75) is 32.2 Å². The minimum atomic E-state index is -0.0276. The number of nitrogens with zero attached hydrogens (tertiary/aromatic N) is 7. The number of unbranched alkanes of at least 4 members (excludes halogenated alkanes) is 1. The number of amides is 2. The molecule has 1 aliphatic rings. The quantitative estimate of drug-likeness (QED) is 0.543. The Kier molecular flexibility index (Phi) is 6.09. The van der Waals surface area contributed by atoms with Crippen molar-refractivity contribution in [1.29, 1.82) is 0 Å². The third-order valence-corrected chi connectivity index (χ3v) is 6.14. The minimum absolute atomic E-state index is 0.0276. The van der Waals surface area contributed by atoms with Gasteiger partial charge in [0.2, 0.25) is 11.8 Å². The fourth-order valence-electron chi connectivity index (χ4n) is 3.43. The van der Waals surface area contributed by atoms with E-state index in [0.29, 0.717) is 32.6 Å². The maximum Gasteiger partial charge on any atom is 0.244 e. The van der Waals surface area contributed by atoms with Gasteiger partial charge in [0.05, 0.1) is 15.2 Å². The third kappa shape index (κ3) is 4.94. The summed E-state index contributed by atoms with van der Waals surface area (Å²) in [7, 11) is 0. The first kappa shape index (κ1) is 19.4. The van der Waals surface area contributed by atoms with Crippen LogP contribution in [-0.4, -0.2) is 73.0 Å². The molecule has 3 aromatic rings. The standard InChI is InChI=1S/C19H23N7O2S/c27-18(8-4-3-7-17-21-15-5-1-2-6-16(15)29-17)24-9-11-25(12-10-24)19(28)13-26-14-20-22-23-26/h1-2,5-6,14H,3-4,7-13H2. The SMILES string of the molecule is O=C(CCCCc1nc2ccccc2s1)N1CCN(C(=O)Cn2cnnn2)CC1. The number of benzene rings is 1. The van der Waals surface area contributed by atoms with Crippen molar-refractivity contribution >= 4 is 33.4 Å². The topological polar surface area (TPSA) is 97.1 Å². The number of rotatable bonds is 7. The van der Waals surface area contributed by atoms with Gasteiger partial charge < -0.3 is 9.80 Å². The van der Waals surface area contributed by atoms with Crippen LogP contribution in [0.1, 0.15) is 24.3 Å². The Morgan fingerprint density at radius 3 is 2.48 bits per heavy atom. The lowest BCUT2D eigenvalue weighted by Gasteiger charge is -2.34. The smallest absolute Gasteiger partial charge is 0.244 e. The Hall–Kier alpha value is -2.88. The molecule has 0 bridgehead atoms. The zero-order valence-corrected chi connectivity index (χ0v) is 16.9. The molecule has 2 amide bonds. The van der Waals surface area contributed by atoms with Gasteiger partial charge >= 0.3 is 0 Å². The minimum Gasteiger partial charge on any atom is -0.339 e. The molecule has 1 fully saturated rings. The van der Waals surface area contributed by atoms with E-state index in [2.05, 4.69) is 26.6 Å². The van der Waals surface area contributed by atoms with Crippen LogP contribution in [0.25, 0.3) is 10.2 Å². The van der Waals surface area contributed by atoms with Crippen LogP contribution in [0.4, 0.5) is 0 Å². The lowest BCUT2D eigenvalue weighted by atomic mass is 10.1. The van der Waals surface area contributed by atoms with Crippen molar-refractivity contribution < 1.29 is 9.59 Å². The number of hydrogen-bond donors (Lipinski definition) is 0. The number of hydrogen-bond acceptors (Lipinski definition) is 7. The number of tetrazole rings is 1. The molecule has 4 rings (SSSR count). The molecular formula is C19H23N7O2S. The summed E-state index contributed by atoms with van der Waals surface area (Å²) in [5.74, 6) is 0.141. The molecule has 1 aliphatic heterocycles. The lowest BCUT2D eigenvalue weighted by Crippen LogP contribution is -2.51. The van der Waals surface area contributed by atoms with Gasteiger partial charge in [-0.25, -0.2) is 9.67 Å². The van der Waals surface area contributed by atoms with E-state index in [4.69, 9.17) is 0 Å². The predicted molar refractivity (Wildman–Crippen MR) is 108 cm³/mol. The van der Waals surface area contributed by atoms with Gasteiger partial charge in [-0.15, -0.1) is 16.4 Å². The van der Waals surface area contributed by atoms with Crippen LogP contribution >= 0.6 is 11.3 Å². The van der Waals surface area contributed by atoms with E-state index >= 15 is 0 Å². The summed E-state index contributed by atoms with van der Waals surface area (Å²) in [6.45, 7) is 2.40. The number of carbonyl (C=O) groups is 2. The molecule has 9 nitrogen and oxygen atoms in total. The number of aromatic nitrogens is 5. The summed E-state index contributed by atoms with van der Waals surface area (Å²) in [6, 6.07) is 8.16. The molecule has 1 saturated heterocycles. The molecule has 0 saturated carbocycles. The van der Waals surface area contributed by atoms with E-state index in [1.807, 2.05) is 23.1 Å². The zero-order valence-electron chi connectivity index (χ0n) is 16.1. The Balaban J connectivity index is 1.15. The molecule has 0 atom stereocenters. The van der Waals surface area contributed by atoms with Crippen LogP contribution in [0.2, 0.25) is 0 Å². The second-order valence-electron chi connectivity index (χ2n) is 7.05. The molecule has 0 spiro atoms. The van der Waals surface area contributed by atoms with Crippen LogP contribution in [0.15, 0.2) is 30.6 Å². The van der Waals surface area contributed by atoms with Crippen molar-refractivity contribution in [3.63, 3.8) is 0 Å². The molecule has 2 aromatic heterocycles. The second kappa shape index (κ2) is 9.08. The van der Waals surface area contributed by atoms with Gasteiger partial charge in [-0.05, 0) is 41.8 Å². The first-order chi connectivity index (χ1) is 14.2. The Bertz CT molecular complexity index is 931. The molecule has 152 valence electrons. The van der Waals surface area contributed by atoms with E-state index in [1.54, 1.807) is 16.2 Å². The highest BCUT2D eigenvalue weighted by molar-refractivity contribution is 7.18. The highest BCUT2D eigenvalue weighted by Crippen LogP contribution is 2.23. The molecule has 0 aliphatic carbocycles. The summed E-state index contributed by atoms with van der Waals surface area (Å²) in [5, 5.41) is 11.9. The summed E-state index contributed by atoms with van der Waals surface area (Å²) in [5.41, 5.74) is 1.05. The highest BCUT2D eigenvalue weighted by atomic mass is 32.1. The molecule has 0 N–H and O–H groups in total. The number of para-hydroxylation sites is 1. The van der Waals surface area contributed by atoms with Crippen molar-refractivity contribution in [3.8, 4) is 0 Å². The van der Waals surface area contributed by atoms with Gasteiger partial charge in [0.1, 0.15) is 12.9 Å². The van der Waals surface area contributed by atoms with Gasteiger partial charge in [-0.2, -0.15) is 0 Å². The third-order valence-electron chi connectivity index (χ3n) is 5.04. The maximum absolute atomic E-state index is 12.5. The summed E-state index contributed by atoms with van der Waals surface area (Å²) < 4.78 is 2.62. The second-order valence-corrected chi connectivity index (χ2v) is 8.17. The first-order valence-corrected chi connectivity index (χ1v) is 10.6. The number of fused-ring (bicyclic) bond motifs is 1. The van der Waals surface area contributed by atoms with Gasteiger partial charge in [0, 0.05) is 32.6 Å². The average Bonchev–Trinajstić information content (AvgIpc) is 3.40. The zero-order chi connectivity index (χ0) is 20.1. The average molecular weight is 414 g/mol. The van der Waals surface area contributed by atoms with Crippen LogP contribution < -0.4 is 0 Å². The van der Waals surface area contributed by atoms with Crippen LogP contribution in [-0.2, 0) is 22.6 Å². The number of carbonyl (C=O) groups excluding carboxylic acids is 2. The fourth-order valence-corrected chi connectivity index (χ4v) is 4.44. The number of aryl methyl sites for hydroxylation is 1. The molecule has 1 aromatic carbocycles. The van der Waals surface area contributed by atoms with Crippen LogP contribution in [0.3, 0.4) is 0 Å². The molecule has 3 heterocycles. The summed E-state index contributed by atoms with van der Waals surface area (Å²) in [4.78, 5) is 33.0. The Morgan fingerprint density at radius 2 is 1.76 bits per heavy atom. The van der Waals surface area contributed by atoms with Gasteiger partial charge in [0.15, 0.2) is 0 Å². The van der Waals surface area contributed by atoms with Gasteiger partial charge in [0.25, 0.3) is 0 Å². The van der Waals surface area contributed by atoms with E-state index in [9.17, 15) is 9.59 Å². The molecule has 10 heteroatoms. The predicted octanol–water partition coefficient (Wildman–Crippen LogP) is 1.37. The van der Waals surface area contributed by atoms with Crippen LogP contribution in [0, 0.1) is 0 Å². The van der Waals surface area contributed by atoms with Crippen molar-refractivity contribution in [2.75, 3.05) is 26.2 Å². The monoisotopic (exact) mass is 413 g/mol. The van der Waals surface area contributed by atoms with Gasteiger partial charge in [-0.3, -0.25) is 9.59 Å². The van der Waals surface area contributed by atoms with E-state index in [0.717, 1.165) is 29.8 Å². The maximum atomic E-state index is 12.5. The number of piperazine rings is 1. The van der Waals surface area contributed by atoms with Crippen molar-refractivity contribution in [1.82, 2.24) is 35.0 Å². The number of thiazole rings is 1. The van der Waals surface area contributed by atoms with E-state index in [1.165, 1.54) is 15.7 Å². The van der Waals surface area contributed by atoms with Crippen LogP contribution in [0.5, 0.6) is 0 Å². The van der Waals surface area contributed by atoms with E-state index < -0.39 is 0 Å². The Labute approximate surface area is 172 Å². The highest BCUT2D eigenvalue weighted by Gasteiger charge is 2.24. The molecular weight excluding hydrogens is 390 g/mol. The lowest BCUT2D eigenvalue weighted by molar-refractivity contribution is -0.140. The van der Waals surface area contributed by atoms with E-state index in [-0.39, 0.29) is 18.4 Å². The Morgan fingerprint density at radius 1 is 1.00 bits per heavy atom. The molecule has 29 heavy (non-hydrogen) atoms. The normalized spacial score (nSPS) is 14.5. The summed E-state index contributed by atoms with van der Waals surface area (Å²) in [6.07, 6.45) is 4.69.